The quantitative estimate of drug-likeness (QED) is 0.395. The number of hydrogen-bond donors (Lipinski definition) is 1. The van der Waals surface area contributed by atoms with Crippen LogP contribution in [0.3, 0.4) is 0 Å². The van der Waals surface area contributed by atoms with Crippen LogP contribution in [-0.2, 0) is 11.3 Å². The summed E-state index contributed by atoms with van der Waals surface area (Å²) in [4.78, 5) is 28.1. The number of fused-ring (bicyclic) bond motifs is 2. The zero-order valence-electron chi connectivity index (χ0n) is 22.6. The zero-order chi connectivity index (χ0) is 28.7. The maximum atomic E-state index is 13.8. The molecule has 1 saturated heterocycles. The van der Waals surface area contributed by atoms with Crippen molar-refractivity contribution in [3.05, 3.63) is 87.2 Å². The standard InChI is InChI=1S/C30H29Cl2N5O4/c1-40-23-9-6-18(7-10-23)12-21-14-35(30(39)41-2)17-24-27(29(38)34-36-15-19-4-3-5-20(19)16-36)33-37(28(21)24)26-11-8-22(31)13-25(26)32/h3-4,6-13,19-20H,5,14-17H2,1-2H3,(H,34,38)/b21-12+. The van der Waals surface area contributed by atoms with E-state index >= 15 is 0 Å². The minimum atomic E-state index is -0.501. The molecule has 2 aromatic carbocycles. The number of ether oxygens (including phenoxy) is 2. The molecule has 1 aromatic heterocycles. The number of carbonyl (C=O) groups excluding carboxylic acids is 2. The average molecular weight is 594 g/mol. The van der Waals surface area contributed by atoms with Crippen LogP contribution in [-0.4, -0.2) is 65.5 Å². The van der Waals surface area contributed by atoms with E-state index in [0.717, 1.165) is 36.4 Å². The van der Waals surface area contributed by atoms with E-state index in [0.29, 0.717) is 38.8 Å². The summed E-state index contributed by atoms with van der Waals surface area (Å²) < 4.78 is 12.1. The molecule has 1 fully saturated rings. The Morgan fingerprint density at radius 1 is 1.07 bits per heavy atom. The molecular formula is C30H29Cl2N5O4. The van der Waals surface area contributed by atoms with Gasteiger partial charge in [0.1, 0.15) is 5.75 Å². The summed E-state index contributed by atoms with van der Waals surface area (Å²) in [5, 5.41) is 7.62. The molecule has 6 rings (SSSR count). The molecule has 2 atom stereocenters. The van der Waals surface area contributed by atoms with Gasteiger partial charge in [-0.3, -0.25) is 15.1 Å². The third-order valence-electron chi connectivity index (χ3n) is 7.81. The van der Waals surface area contributed by atoms with Crippen LogP contribution < -0.4 is 10.2 Å². The first-order chi connectivity index (χ1) is 19.8. The van der Waals surface area contributed by atoms with Crippen molar-refractivity contribution >= 4 is 46.9 Å². The molecule has 2 amide bonds. The molecule has 9 nitrogen and oxygen atoms in total. The maximum Gasteiger partial charge on any atom is 0.410 e. The molecule has 0 bridgehead atoms. The zero-order valence-corrected chi connectivity index (χ0v) is 24.2. The third-order valence-corrected chi connectivity index (χ3v) is 8.35. The van der Waals surface area contributed by atoms with Crippen molar-refractivity contribution in [1.82, 2.24) is 25.1 Å². The number of methoxy groups -OCH3 is 2. The van der Waals surface area contributed by atoms with Gasteiger partial charge >= 0.3 is 6.09 Å². The van der Waals surface area contributed by atoms with Crippen LogP contribution in [0.15, 0.2) is 54.6 Å². The summed E-state index contributed by atoms with van der Waals surface area (Å²) in [5.41, 5.74) is 6.79. The lowest BCUT2D eigenvalue weighted by molar-refractivity contribution is 0.0809. The number of halogens is 2. The van der Waals surface area contributed by atoms with E-state index in [1.807, 2.05) is 35.4 Å². The van der Waals surface area contributed by atoms with Gasteiger partial charge in [-0.25, -0.2) is 14.5 Å². The Labute approximate surface area is 247 Å². The van der Waals surface area contributed by atoms with Crippen LogP contribution in [0.1, 0.15) is 33.7 Å². The number of carbonyl (C=O) groups is 2. The number of aromatic nitrogens is 2. The molecule has 3 aromatic rings. The first-order valence-electron chi connectivity index (χ1n) is 13.3. The van der Waals surface area contributed by atoms with E-state index in [-0.39, 0.29) is 24.7 Å². The number of allylic oxidation sites excluding steroid dienone is 1. The smallest absolute Gasteiger partial charge is 0.410 e. The van der Waals surface area contributed by atoms with Crippen molar-refractivity contribution in [1.29, 1.82) is 0 Å². The minimum absolute atomic E-state index is 0.143. The van der Waals surface area contributed by atoms with Gasteiger partial charge in [0.25, 0.3) is 5.91 Å². The number of rotatable bonds is 5. The molecule has 41 heavy (non-hydrogen) atoms. The van der Waals surface area contributed by atoms with Crippen molar-refractivity contribution in [2.75, 3.05) is 33.9 Å². The minimum Gasteiger partial charge on any atom is -0.497 e. The van der Waals surface area contributed by atoms with E-state index in [1.165, 1.54) is 7.11 Å². The van der Waals surface area contributed by atoms with Crippen molar-refractivity contribution in [2.45, 2.75) is 13.0 Å². The van der Waals surface area contributed by atoms with Crippen molar-refractivity contribution in [2.24, 2.45) is 11.8 Å². The first-order valence-corrected chi connectivity index (χ1v) is 14.1. The van der Waals surface area contributed by atoms with Crippen LogP contribution in [0, 0.1) is 11.8 Å². The highest BCUT2D eigenvalue weighted by atomic mass is 35.5. The monoisotopic (exact) mass is 593 g/mol. The highest BCUT2D eigenvalue weighted by Gasteiger charge is 2.37. The molecule has 0 radical (unpaired) electrons. The molecule has 2 aliphatic heterocycles. The van der Waals surface area contributed by atoms with Crippen LogP contribution >= 0.6 is 23.2 Å². The fourth-order valence-corrected chi connectivity index (χ4v) is 6.31. The second-order valence-electron chi connectivity index (χ2n) is 10.4. The summed E-state index contributed by atoms with van der Waals surface area (Å²) >= 11 is 12.9. The Kier molecular flexibility index (Phi) is 7.50. The predicted octanol–water partition coefficient (Wildman–Crippen LogP) is 5.46. The van der Waals surface area contributed by atoms with Gasteiger partial charge in [0, 0.05) is 23.7 Å². The average Bonchev–Trinajstić information content (AvgIpc) is 3.67. The lowest BCUT2D eigenvalue weighted by atomic mass is 9.97. The maximum absolute atomic E-state index is 13.8. The largest absolute Gasteiger partial charge is 0.497 e. The second-order valence-corrected chi connectivity index (χ2v) is 11.2. The van der Waals surface area contributed by atoms with Crippen LogP contribution in [0.5, 0.6) is 5.75 Å². The molecule has 11 heteroatoms. The highest BCUT2D eigenvalue weighted by Crippen LogP contribution is 2.37. The summed E-state index contributed by atoms with van der Waals surface area (Å²) in [7, 11) is 2.95. The molecule has 2 unspecified atom stereocenters. The fourth-order valence-electron chi connectivity index (χ4n) is 5.82. The number of nitrogens with zero attached hydrogens (tertiary/aromatic N) is 4. The van der Waals surface area contributed by atoms with E-state index in [4.69, 9.17) is 37.8 Å². The molecule has 3 heterocycles. The predicted molar refractivity (Wildman–Crippen MR) is 157 cm³/mol. The van der Waals surface area contributed by atoms with Gasteiger partial charge in [-0.15, -0.1) is 0 Å². The van der Waals surface area contributed by atoms with Crippen molar-refractivity contribution < 1.29 is 19.1 Å². The van der Waals surface area contributed by atoms with Crippen LogP contribution in [0.2, 0.25) is 10.0 Å². The van der Waals surface area contributed by atoms with E-state index < -0.39 is 6.09 Å². The molecule has 0 spiro atoms. The fraction of sp³-hybridized carbons (Fsp3) is 0.300. The highest BCUT2D eigenvalue weighted by molar-refractivity contribution is 6.35. The Balaban J connectivity index is 1.47. The normalized spacial score (nSPS) is 20.7. The first kappa shape index (κ1) is 27.4. The summed E-state index contributed by atoms with van der Waals surface area (Å²) in [6, 6.07) is 12.7. The van der Waals surface area contributed by atoms with Crippen LogP contribution in [0.4, 0.5) is 4.79 Å². The van der Waals surface area contributed by atoms with Gasteiger partial charge in [0.05, 0.1) is 43.7 Å². The third kappa shape index (κ3) is 5.32. The Hall–Kier alpha value is -3.79. The van der Waals surface area contributed by atoms with Gasteiger partial charge in [-0.2, -0.15) is 5.10 Å². The van der Waals surface area contributed by atoms with Gasteiger partial charge in [-0.1, -0.05) is 47.5 Å². The van der Waals surface area contributed by atoms with Gasteiger partial charge in [0.15, 0.2) is 5.69 Å². The number of nitrogens with one attached hydrogen (secondary N) is 1. The molecule has 212 valence electrons. The lowest BCUT2D eigenvalue weighted by Crippen LogP contribution is -2.42. The number of hydrazine groups is 1. The molecule has 3 aliphatic rings. The van der Waals surface area contributed by atoms with Crippen molar-refractivity contribution in [3.8, 4) is 11.4 Å². The Morgan fingerprint density at radius 3 is 2.59 bits per heavy atom. The van der Waals surface area contributed by atoms with Crippen LogP contribution in [0.25, 0.3) is 17.3 Å². The van der Waals surface area contributed by atoms with Gasteiger partial charge < -0.3 is 9.47 Å². The molecule has 1 N–H and O–H groups in total. The SMILES string of the molecule is COC(=O)N1C/C(=C\c2ccc(OC)cc2)c2c(c(C(=O)NN3CC4C=CCC4C3)nn2-c2ccc(Cl)cc2Cl)C1. The molecule has 0 saturated carbocycles. The molecular weight excluding hydrogens is 565 g/mol. The Bertz CT molecular complexity index is 1570. The number of amides is 2. The lowest BCUT2D eigenvalue weighted by Gasteiger charge is -2.29. The summed E-state index contributed by atoms with van der Waals surface area (Å²) in [6.45, 7) is 1.90. The summed E-state index contributed by atoms with van der Waals surface area (Å²) in [6.07, 6.45) is 6.91. The number of benzene rings is 2. The van der Waals surface area contributed by atoms with Gasteiger partial charge in [-0.05, 0) is 65.8 Å². The van der Waals surface area contributed by atoms with Gasteiger partial charge in [0.2, 0.25) is 0 Å². The Morgan fingerprint density at radius 2 is 1.88 bits per heavy atom. The van der Waals surface area contributed by atoms with E-state index in [1.54, 1.807) is 34.9 Å². The second kappa shape index (κ2) is 11.2. The van der Waals surface area contributed by atoms with E-state index in [9.17, 15) is 9.59 Å². The van der Waals surface area contributed by atoms with E-state index in [2.05, 4.69) is 17.6 Å². The molecule has 1 aliphatic carbocycles. The topological polar surface area (TPSA) is 88.9 Å². The number of hydrogen-bond acceptors (Lipinski definition) is 6. The van der Waals surface area contributed by atoms with Crippen molar-refractivity contribution in [3.63, 3.8) is 0 Å². The summed E-state index contributed by atoms with van der Waals surface area (Å²) in [5.74, 6) is 1.32.